The molecule has 412 valence electrons. The topological polar surface area (TPSA) is 149 Å². The maximum Gasteiger partial charge on any atom is 0.220 e. The summed E-state index contributed by atoms with van der Waals surface area (Å²) in [6, 6.07) is -0.811. The Kier molecular flexibility index (Phi) is 47.7. The van der Waals surface area contributed by atoms with Crippen molar-refractivity contribution in [3.63, 3.8) is 0 Å². The van der Waals surface area contributed by atoms with Crippen LogP contribution in [-0.4, -0.2) is 87.5 Å². The van der Waals surface area contributed by atoms with Gasteiger partial charge in [-0.15, -0.1) is 0 Å². The number of aliphatic hydroxyl groups is 5. The lowest BCUT2D eigenvalue weighted by Gasteiger charge is -2.40. The average molecular weight is 1010 g/mol. The maximum atomic E-state index is 13.0. The van der Waals surface area contributed by atoms with Crippen LogP contribution in [0.15, 0.2) is 109 Å². The van der Waals surface area contributed by atoms with Crippen molar-refractivity contribution in [2.75, 3.05) is 13.2 Å². The van der Waals surface area contributed by atoms with Crippen LogP contribution in [0.3, 0.4) is 0 Å². The van der Waals surface area contributed by atoms with Crippen LogP contribution in [0.5, 0.6) is 0 Å². The van der Waals surface area contributed by atoms with E-state index < -0.39 is 49.5 Å². The Bertz CT molecular complexity index is 1490. The maximum absolute atomic E-state index is 13.0. The van der Waals surface area contributed by atoms with E-state index in [-0.39, 0.29) is 12.5 Å². The minimum atomic E-state index is -1.57. The molecule has 7 atom stereocenters. The molecule has 1 fully saturated rings. The summed E-state index contributed by atoms with van der Waals surface area (Å²) < 4.78 is 11.2. The van der Waals surface area contributed by atoms with Gasteiger partial charge in [0.2, 0.25) is 5.91 Å². The number of allylic oxidation sites excluding steroid dienone is 17. The van der Waals surface area contributed by atoms with Crippen molar-refractivity contribution < 1.29 is 39.8 Å². The van der Waals surface area contributed by atoms with Gasteiger partial charge in [0.25, 0.3) is 0 Å². The van der Waals surface area contributed by atoms with Crippen LogP contribution in [0.2, 0.25) is 0 Å². The first-order valence-corrected chi connectivity index (χ1v) is 29.1. The molecule has 72 heavy (non-hydrogen) atoms. The zero-order chi connectivity index (χ0) is 52.2. The highest BCUT2D eigenvalue weighted by Gasteiger charge is 2.44. The van der Waals surface area contributed by atoms with E-state index in [4.69, 9.17) is 9.47 Å². The molecule has 0 aromatic carbocycles. The van der Waals surface area contributed by atoms with Gasteiger partial charge in [0.15, 0.2) is 6.29 Å². The molecule has 7 unspecified atom stereocenters. The van der Waals surface area contributed by atoms with Gasteiger partial charge in [0.05, 0.1) is 25.4 Å². The first-order valence-electron chi connectivity index (χ1n) is 29.1. The predicted octanol–water partition coefficient (Wildman–Crippen LogP) is 14.6. The molecule has 0 aromatic rings. The van der Waals surface area contributed by atoms with Gasteiger partial charge in [0, 0.05) is 6.42 Å². The van der Waals surface area contributed by atoms with Crippen molar-refractivity contribution in [2.45, 2.75) is 269 Å². The van der Waals surface area contributed by atoms with E-state index in [1.54, 1.807) is 6.08 Å². The van der Waals surface area contributed by atoms with Gasteiger partial charge in [-0.05, 0) is 83.5 Å². The number of hydrogen-bond donors (Lipinski definition) is 6. The molecule has 0 radical (unpaired) electrons. The molecule has 0 aromatic heterocycles. The lowest BCUT2D eigenvalue weighted by molar-refractivity contribution is -0.302. The second kappa shape index (κ2) is 51.3. The molecule has 1 amide bonds. The molecule has 0 spiro atoms. The standard InChI is InChI=1S/C63H107NO8/c1-3-5-7-9-11-13-15-17-18-19-20-21-22-23-24-25-26-27-28-29-30-31-32-33-34-35-36-37-38-39-40-41-43-45-47-49-51-53-59(67)64-56(55-71-63-62(70)61(69)60(68)58(54-65)72-63)57(66)52-50-48-46-44-42-16-14-12-10-8-6-4-2/h5,7,11,13,17-18,20-21,23-24,26-27,29-30,32-33,50,52,56-58,60-63,65-66,68-70H,3-4,6,8-10,12,14-16,19,22,25,28,31,34-49,51,53-55H2,1-2H3,(H,64,67)/b7-5-,13-11-,18-17-,21-20-,24-23-,27-26-,30-29-,33-32-,52-50+. The van der Waals surface area contributed by atoms with Gasteiger partial charge in [-0.2, -0.15) is 0 Å². The predicted molar refractivity (Wildman–Crippen MR) is 304 cm³/mol. The largest absolute Gasteiger partial charge is 0.394 e. The molecular formula is C63H107NO8. The van der Waals surface area contributed by atoms with Crippen molar-refractivity contribution in [2.24, 2.45) is 0 Å². The average Bonchev–Trinajstić information content (AvgIpc) is 3.38. The number of rotatable bonds is 48. The number of unbranched alkanes of at least 4 members (excludes halogenated alkanes) is 22. The normalized spacial score (nSPS) is 20.0. The quantitative estimate of drug-likeness (QED) is 0.0261. The third-order valence-corrected chi connectivity index (χ3v) is 13.1. The molecule has 6 N–H and O–H groups in total. The number of ether oxygens (including phenoxy) is 2. The molecule has 1 rings (SSSR count). The summed E-state index contributed by atoms with van der Waals surface area (Å²) >= 11 is 0. The lowest BCUT2D eigenvalue weighted by Crippen LogP contribution is -2.60. The van der Waals surface area contributed by atoms with Gasteiger partial charge < -0.3 is 40.3 Å². The summed E-state index contributed by atoms with van der Waals surface area (Å²) in [5, 5.41) is 54.4. The fourth-order valence-corrected chi connectivity index (χ4v) is 8.52. The summed E-state index contributed by atoms with van der Waals surface area (Å²) in [5.74, 6) is -0.184. The van der Waals surface area contributed by atoms with Crippen molar-refractivity contribution in [3.05, 3.63) is 109 Å². The van der Waals surface area contributed by atoms with Crippen LogP contribution < -0.4 is 5.32 Å². The molecule has 0 saturated carbocycles. The number of nitrogens with one attached hydrogen (secondary N) is 1. The molecule has 1 saturated heterocycles. The van der Waals surface area contributed by atoms with Crippen molar-refractivity contribution in [3.8, 4) is 0 Å². The Morgan fingerprint density at radius 2 is 0.861 bits per heavy atom. The first kappa shape index (κ1) is 66.9. The Labute approximate surface area is 440 Å². The monoisotopic (exact) mass is 1010 g/mol. The van der Waals surface area contributed by atoms with Gasteiger partial charge >= 0.3 is 0 Å². The minimum absolute atomic E-state index is 0.184. The molecule has 9 nitrogen and oxygen atoms in total. The van der Waals surface area contributed by atoms with Gasteiger partial charge in [-0.25, -0.2) is 0 Å². The van der Waals surface area contributed by atoms with E-state index in [1.807, 2.05) is 6.08 Å². The fraction of sp³-hybridized carbons (Fsp3) is 0.698. The van der Waals surface area contributed by atoms with Crippen LogP contribution in [0.4, 0.5) is 0 Å². The highest BCUT2D eigenvalue weighted by Crippen LogP contribution is 2.23. The number of carbonyl (C=O) groups excluding carboxylic acids is 1. The van der Waals surface area contributed by atoms with Crippen molar-refractivity contribution in [1.29, 1.82) is 0 Å². The van der Waals surface area contributed by atoms with Crippen LogP contribution in [0.1, 0.15) is 226 Å². The van der Waals surface area contributed by atoms with E-state index in [2.05, 4.69) is 116 Å². The third-order valence-electron chi connectivity index (χ3n) is 13.1. The smallest absolute Gasteiger partial charge is 0.220 e. The second-order valence-electron chi connectivity index (χ2n) is 19.7. The van der Waals surface area contributed by atoms with Crippen LogP contribution in [0, 0.1) is 0 Å². The Morgan fingerprint density at radius 3 is 1.28 bits per heavy atom. The number of carbonyl (C=O) groups is 1. The van der Waals surface area contributed by atoms with Gasteiger partial charge in [-0.1, -0.05) is 245 Å². The van der Waals surface area contributed by atoms with E-state index in [9.17, 15) is 30.3 Å². The Balaban J connectivity index is 2.13. The van der Waals surface area contributed by atoms with E-state index >= 15 is 0 Å². The SMILES string of the molecule is CC/C=C\C/C=C\C/C=C\C/C=C\C/C=C\C/C=C\C/C=C\C/C=C\CCCCCCCCCCCCCCC(=O)NC(COC1OC(CO)C(O)C(O)C1O)C(O)/C=C/CCCCCCCCCCCC. The number of aliphatic hydroxyl groups excluding tert-OH is 5. The van der Waals surface area contributed by atoms with E-state index in [1.165, 1.54) is 116 Å². The van der Waals surface area contributed by atoms with Crippen molar-refractivity contribution >= 4 is 5.91 Å². The molecule has 1 aliphatic rings. The lowest BCUT2D eigenvalue weighted by atomic mass is 9.99. The first-order chi connectivity index (χ1) is 35.3. The molecule has 1 aliphatic heterocycles. The van der Waals surface area contributed by atoms with E-state index in [0.717, 1.165) is 89.9 Å². The van der Waals surface area contributed by atoms with E-state index in [0.29, 0.717) is 6.42 Å². The number of hydrogen-bond acceptors (Lipinski definition) is 8. The molecular weight excluding hydrogens is 899 g/mol. The molecule has 1 heterocycles. The molecule has 0 aliphatic carbocycles. The zero-order valence-corrected chi connectivity index (χ0v) is 45.6. The fourth-order valence-electron chi connectivity index (χ4n) is 8.52. The molecule has 0 bridgehead atoms. The Hall–Kier alpha value is -3.15. The second-order valence-corrected chi connectivity index (χ2v) is 19.7. The highest BCUT2D eigenvalue weighted by atomic mass is 16.7. The van der Waals surface area contributed by atoms with Gasteiger partial charge in [0.1, 0.15) is 24.4 Å². The van der Waals surface area contributed by atoms with Crippen LogP contribution in [-0.2, 0) is 14.3 Å². The number of amides is 1. The summed E-state index contributed by atoms with van der Waals surface area (Å²) in [6.07, 6.45) is 68.7. The van der Waals surface area contributed by atoms with Gasteiger partial charge in [-0.3, -0.25) is 4.79 Å². The van der Waals surface area contributed by atoms with Crippen molar-refractivity contribution in [1.82, 2.24) is 5.32 Å². The molecule has 9 heteroatoms. The third kappa shape index (κ3) is 40.3. The summed E-state index contributed by atoms with van der Waals surface area (Å²) in [5.41, 5.74) is 0. The minimum Gasteiger partial charge on any atom is -0.394 e. The zero-order valence-electron chi connectivity index (χ0n) is 45.6. The highest BCUT2D eigenvalue weighted by molar-refractivity contribution is 5.76. The Morgan fingerprint density at radius 1 is 0.486 bits per heavy atom. The summed E-state index contributed by atoms with van der Waals surface area (Å²) in [4.78, 5) is 13.0. The van der Waals surface area contributed by atoms with Crippen LogP contribution >= 0.6 is 0 Å². The van der Waals surface area contributed by atoms with Crippen LogP contribution in [0.25, 0.3) is 0 Å². The summed E-state index contributed by atoms with van der Waals surface area (Å²) in [6.45, 7) is 3.64. The summed E-state index contributed by atoms with van der Waals surface area (Å²) in [7, 11) is 0.